The first-order valence-corrected chi connectivity index (χ1v) is 8.19. The van der Waals surface area contributed by atoms with Gasteiger partial charge in [0.25, 0.3) is 0 Å². The molecular formula is C18H27NO3. The predicted octanol–water partition coefficient (Wildman–Crippen LogP) is 2.89. The minimum atomic E-state index is -0.549. The Kier molecular flexibility index (Phi) is 6.40. The molecule has 2 rings (SSSR count). The van der Waals surface area contributed by atoms with E-state index in [9.17, 15) is 9.90 Å². The molecule has 0 heterocycles. The number of likely N-dealkylation sites (N-methyl/N-ethyl adjacent to an activating group) is 1. The number of carbonyl (C=O) groups is 1. The highest BCUT2D eigenvalue weighted by Crippen LogP contribution is 2.22. The van der Waals surface area contributed by atoms with Gasteiger partial charge in [-0.3, -0.25) is 4.79 Å². The van der Waals surface area contributed by atoms with Crippen LogP contribution in [0.4, 0.5) is 0 Å². The highest BCUT2D eigenvalue weighted by Gasteiger charge is 2.20. The van der Waals surface area contributed by atoms with Crippen molar-refractivity contribution in [3.8, 4) is 5.75 Å². The summed E-state index contributed by atoms with van der Waals surface area (Å²) in [7, 11) is 2.07. The molecule has 1 N–H and O–H groups in total. The molecule has 0 bridgehead atoms. The first-order valence-electron chi connectivity index (χ1n) is 8.19. The number of ketones is 1. The summed E-state index contributed by atoms with van der Waals surface area (Å²) in [5.74, 6) is 0.527. The third-order valence-electron chi connectivity index (χ3n) is 4.39. The molecule has 1 aromatic rings. The third kappa shape index (κ3) is 4.82. The van der Waals surface area contributed by atoms with Crippen molar-refractivity contribution in [2.75, 3.05) is 20.2 Å². The Balaban J connectivity index is 1.82. The van der Waals surface area contributed by atoms with Crippen LogP contribution in [-0.4, -0.2) is 48.1 Å². The molecule has 0 radical (unpaired) electrons. The van der Waals surface area contributed by atoms with Crippen LogP contribution in [0.1, 0.15) is 49.4 Å². The molecule has 1 fully saturated rings. The van der Waals surface area contributed by atoms with Gasteiger partial charge in [-0.1, -0.05) is 31.4 Å². The van der Waals surface area contributed by atoms with Crippen molar-refractivity contribution in [1.82, 2.24) is 4.90 Å². The van der Waals surface area contributed by atoms with Crippen LogP contribution in [0.2, 0.25) is 0 Å². The van der Waals surface area contributed by atoms with Crippen molar-refractivity contribution in [2.45, 2.75) is 51.2 Å². The second-order valence-corrected chi connectivity index (χ2v) is 6.25. The Morgan fingerprint density at radius 2 is 2.00 bits per heavy atom. The summed E-state index contributed by atoms with van der Waals surface area (Å²) in [4.78, 5) is 13.8. The van der Waals surface area contributed by atoms with E-state index in [4.69, 9.17) is 4.74 Å². The number of para-hydroxylation sites is 1. The quantitative estimate of drug-likeness (QED) is 0.787. The van der Waals surface area contributed by atoms with Crippen LogP contribution < -0.4 is 4.74 Å². The first kappa shape index (κ1) is 17.0. The molecule has 1 unspecified atom stereocenters. The zero-order chi connectivity index (χ0) is 15.9. The van der Waals surface area contributed by atoms with Gasteiger partial charge in [-0.05, 0) is 38.9 Å². The first-order chi connectivity index (χ1) is 10.6. The average Bonchev–Trinajstić information content (AvgIpc) is 2.54. The van der Waals surface area contributed by atoms with Gasteiger partial charge in [-0.25, -0.2) is 0 Å². The Hall–Kier alpha value is -1.39. The van der Waals surface area contributed by atoms with Gasteiger partial charge in [0.2, 0.25) is 0 Å². The third-order valence-corrected chi connectivity index (χ3v) is 4.39. The summed E-state index contributed by atoms with van der Waals surface area (Å²) in [6.45, 7) is 2.34. The van der Waals surface area contributed by atoms with Crippen molar-refractivity contribution in [3.05, 3.63) is 29.8 Å². The minimum Gasteiger partial charge on any atom is -0.490 e. The van der Waals surface area contributed by atoms with Crippen molar-refractivity contribution < 1.29 is 14.6 Å². The lowest BCUT2D eigenvalue weighted by molar-refractivity contribution is 0.0557. The number of hydrogen-bond acceptors (Lipinski definition) is 4. The molecule has 4 nitrogen and oxygen atoms in total. The number of hydrogen-bond donors (Lipinski definition) is 1. The van der Waals surface area contributed by atoms with E-state index in [0.29, 0.717) is 23.9 Å². The number of carbonyl (C=O) groups excluding carboxylic acids is 1. The molecular weight excluding hydrogens is 278 g/mol. The number of aliphatic hydroxyl groups excluding tert-OH is 1. The molecule has 4 heteroatoms. The smallest absolute Gasteiger partial charge is 0.163 e. The summed E-state index contributed by atoms with van der Waals surface area (Å²) in [5, 5.41) is 10.2. The summed E-state index contributed by atoms with van der Waals surface area (Å²) in [6.07, 6.45) is 5.79. The summed E-state index contributed by atoms with van der Waals surface area (Å²) in [6, 6.07) is 7.75. The molecule has 1 aromatic carbocycles. The van der Waals surface area contributed by atoms with Crippen molar-refractivity contribution in [2.24, 2.45) is 0 Å². The van der Waals surface area contributed by atoms with Crippen LogP contribution in [-0.2, 0) is 0 Å². The van der Waals surface area contributed by atoms with Crippen LogP contribution in [0, 0.1) is 0 Å². The minimum absolute atomic E-state index is 0.0237. The zero-order valence-electron chi connectivity index (χ0n) is 13.6. The molecule has 1 atom stereocenters. The van der Waals surface area contributed by atoms with Crippen LogP contribution in [0.25, 0.3) is 0 Å². The number of nitrogens with zero attached hydrogens (tertiary/aromatic N) is 1. The fraction of sp³-hybridized carbons (Fsp3) is 0.611. The summed E-state index contributed by atoms with van der Waals surface area (Å²) in [5.41, 5.74) is 0.565. The fourth-order valence-corrected chi connectivity index (χ4v) is 3.13. The summed E-state index contributed by atoms with van der Waals surface area (Å²) < 4.78 is 5.65. The molecule has 0 amide bonds. The maximum atomic E-state index is 11.5. The topological polar surface area (TPSA) is 49.8 Å². The van der Waals surface area contributed by atoms with Gasteiger partial charge in [0.05, 0.1) is 5.56 Å². The molecule has 122 valence electrons. The highest BCUT2D eigenvalue weighted by molar-refractivity contribution is 5.96. The van der Waals surface area contributed by atoms with Crippen molar-refractivity contribution >= 4 is 5.78 Å². The van der Waals surface area contributed by atoms with Gasteiger partial charge in [-0.2, -0.15) is 0 Å². The lowest BCUT2D eigenvalue weighted by atomic mass is 9.94. The van der Waals surface area contributed by atoms with Gasteiger partial charge in [0.1, 0.15) is 18.5 Å². The van der Waals surface area contributed by atoms with E-state index in [2.05, 4.69) is 11.9 Å². The van der Waals surface area contributed by atoms with Gasteiger partial charge < -0.3 is 14.7 Å². The predicted molar refractivity (Wildman–Crippen MR) is 87.5 cm³/mol. The number of aliphatic hydroxyl groups is 1. The SMILES string of the molecule is CC(=O)c1ccccc1OCC(O)CN(C)C1CCCCC1. The Morgan fingerprint density at radius 1 is 1.32 bits per heavy atom. The molecule has 22 heavy (non-hydrogen) atoms. The lowest BCUT2D eigenvalue weighted by Crippen LogP contribution is -2.40. The van der Waals surface area contributed by atoms with E-state index in [0.717, 1.165) is 0 Å². The fourth-order valence-electron chi connectivity index (χ4n) is 3.13. The van der Waals surface area contributed by atoms with Gasteiger partial charge >= 0.3 is 0 Å². The molecule has 0 saturated heterocycles. The van der Waals surface area contributed by atoms with Gasteiger partial charge in [0, 0.05) is 12.6 Å². The molecule has 1 saturated carbocycles. The number of rotatable bonds is 7. The standard InChI is InChI=1S/C18H27NO3/c1-14(20)17-10-6-7-11-18(17)22-13-16(21)12-19(2)15-8-4-3-5-9-15/h6-7,10-11,15-16,21H,3-5,8-9,12-13H2,1-2H3. The second kappa shape index (κ2) is 8.30. The highest BCUT2D eigenvalue weighted by atomic mass is 16.5. The Morgan fingerprint density at radius 3 is 2.68 bits per heavy atom. The molecule has 0 aromatic heterocycles. The average molecular weight is 305 g/mol. The van der Waals surface area contributed by atoms with E-state index < -0.39 is 6.10 Å². The van der Waals surface area contributed by atoms with Crippen LogP contribution >= 0.6 is 0 Å². The van der Waals surface area contributed by atoms with E-state index in [-0.39, 0.29) is 12.4 Å². The molecule has 0 spiro atoms. The summed E-state index contributed by atoms with van der Waals surface area (Å²) >= 11 is 0. The molecule has 1 aliphatic rings. The lowest BCUT2D eigenvalue weighted by Gasteiger charge is -2.32. The molecule has 0 aliphatic heterocycles. The monoisotopic (exact) mass is 305 g/mol. The largest absolute Gasteiger partial charge is 0.490 e. The Labute approximate surface area is 133 Å². The number of benzene rings is 1. The van der Waals surface area contributed by atoms with Crippen LogP contribution in [0.15, 0.2) is 24.3 Å². The maximum absolute atomic E-state index is 11.5. The normalized spacial score (nSPS) is 17.5. The Bertz CT molecular complexity index is 483. The second-order valence-electron chi connectivity index (χ2n) is 6.25. The number of Topliss-reactive ketones (excluding diaryl/α,β-unsaturated/α-hetero) is 1. The maximum Gasteiger partial charge on any atom is 0.163 e. The van der Waals surface area contributed by atoms with E-state index in [1.165, 1.54) is 39.0 Å². The van der Waals surface area contributed by atoms with Crippen LogP contribution in [0.5, 0.6) is 5.75 Å². The van der Waals surface area contributed by atoms with Crippen molar-refractivity contribution in [3.63, 3.8) is 0 Å². The van der Waals surface area contributed by atoms with E-state index in [1.54, 1.807) is 12.1 Å². The van der Waals surface area contributed by atoms with E-state index >= 15 is 0 Å². The van der Waals surface area contributed by atoms with Gasteiger partial charge in [-0.15, -0.1) is 0 Å². The van der Waals surface area contributed by atoms with E-state index in [1.807, 2.05) is 12.1 Å². The zero-order valence-corrected chi connectivity index (χ0v) is 13.6. The molecule has 1 aliphatic carbocycles. The van der Waals surface area contributed by atoms with Gasteiger partial charge in [0.15, 0.2) is 5.78 Å². The van der Waals surface area contributed by atoms with Crippen LogP contribution in [0.3, 0.4) is 0 Å². The van der Waals surface area contributed by atoms with Crippen molar-refractivity contribution in [1.29, 1.82) is 0 Å². The number of ether oxygens (including phenoxy) is 1.